The Kier molecular flexibility index (Phi) is 8.14. The van der Waals surface area contributed by atoms with Gasteiger partial charge in [0.25, 0.3) is 5.91 Å². The van der Waals surface area contributed by atoms with Crippen molar-refractivity contribution in [1.29, 1.82) is 0 Å². The van der Waals surface area contributed by atoms with Crippen LogP contribution in [0.1, 0.15) is 12.5 Å². The maximum atomic E-state index is 12.8. The van der Waals surface area contributed by atoms with Gasteiger partial charge in [0.05, 0.1) is 19.9 Å². The summed E-state index contributed by atoms with van der Waals surface area (Å²) in [5, 5.41) is 3.05. The Morgan fingerprint density at radius 2 is 1.68 bits per heavy atom. The van der Waals surface area contributed by atoms with Gasteiger partial charge in [-0.25, -0.2) is 0 Å². The molecule has 1 atom stereocenters. The first-order valence-corrected chi connectivity index (χ1v) is 10.9. The highest BCUT2D eigenvalue weighted by Crippen LogP contribution is 2.25. The van der Waals surface area contributed by atoms with Crippen LogP contribution >= 0.6 is 0 Å². The quantitative estimate of drug-likeness (QED) is 0.533. The van der Waals surface area contributed by atoms with E-state index in [2.05, 4.69) is 5.32 Å². The summed E-state index contributed by atoms with van der Waals surface area (Å²) in [6.07, 6.45) is 0. The molecule has 1 saturated heterocycles. The van der Waals surface area contributed by atoms with Crippen molar-refractivity contribution >= 4 is 11.6 Å². The number of quaternary nitrogens is 2. The van der Waals surface area contributed by atoms with Gasteiger partial charge in [-0.15, -0.1) is 0 Å². The number of piperazine rings is 1. The number of amides is 1. The number of anilines is 1. The molecular formula is C24H35N3O4+2. The Balaban J connectivity index is 1.42. The van der Waals surface area contributed by atoms with Crippen LogP contribution in [0.3, 0.4) is 0 Å². The molecule has 0 radical (unpaired) electrons. The first-order chi connectivity index (χ1) is 15.0. The van der Waals surface area contributed by atoms with Crippen molar-refractivity contribution < 1.29 is 28.8 Å². The topological polar surface area (TPSA) is 65.7 Å². The fourth-order valence-corrected chi connectivity index (χ4v) is 3.94. The van der Waals surface area contributed by atoms with E-state index in [0.717, 1.165) is 55.5 Å². The molecule has 2 aromatic rings. The van der Waals surface area contributed by atoms with Crippen LogP contribution in [0.2, 0.25) is 0 Å². The summed E-state index contributed by atoms with van der Waals surface area (Å²) in [4.78, 5) is 15.7. The van der Waals surface area contributed by atoms with E-state index in [1.807, 2.05) is 56.3 Å². The van der Waals surface area contributed by atoms with Gasteiger partial charge < -0.3 is 29.3 Å². The second-order valence-electron chi connectivity index (χ2n) is 8.10. The predicted octanol–water partition coefficient (Wildman–Crippen LogP) is 0.202. The van der Waals surface area contributed by atoms with Gasteiger partial charge in [0.15, 0.2) is 6.04 Å². The third-order valence-corrected chi connectivity index (χ3v) is 6.00. The number of rotatable bonds is 9. The Labute approximate surface area is 184 Å². The number of carbonyl (C=O) groups is 1. The van der Waals surface area contributed by atoms with Crippen LogP contribution < -0.4 is 29.3 Å². The molecule has 0 spiro atoms. The zero-order valence-electron chi connectivity index (χ0n) is 19.0. The third kappa shape index (κ3) is 6.35. The molecule has 1 fully saturated rings. The van der Waals surface area contributed by atoms with Crippen molar-refractivity contribution in [3.05, 3.63) is 48.0 Å². The number of aryl methyl sites for hydroxylation is 1. The van der Waals surface area contributed by atoms with Gasteiger partial charge in [0.1, 0.15) is 56.6 Å². The summed E-state index contributed by atoms with van der Waals surface area (Å²) in [7, 11) is 3.28. The van der Waals surface area contributed by atoms with Crippen LogP contribution in [0, 0.1) is 6.92 Å². The van der Waals surface area contributed by atoms with E-state index in [9.17, 15) is 4.79 Å². The summed E-state index contributed by atoms with van der Waals surface area (Å²) in [6, 6.07) is 13.4. The van der Waals surface area contributed by atoms with Crippen LogP contribution in [0.4, 0.5) is 5.69 Å². The molecular weight excluding hydrogens is 394 g/mol. The Morgan fingerprint density at radius 3 is 2.32 bits per heavy atom. The van der Waals surface area contributed by atoms with Gasteiger partial charge in [-0.3, -0.25) is 4.79 Å². The molecule has 1 aliphatic heterocycles. The minimum atomic E-state index is -0.109. The van der Waals surface area contributed by atoms with Crippen LogP contribution in [0.15, 0.2) is 42.5 Å². The summed E-state index contributed by atoms with van der Waals surface area (Å²) >= 11 is 0. The molecule has 2 aromatic carbocycles. The van der Waals surface area contributed by atoms with Crippen LogP contribution in [0.25, 0.3) is 0 Å². The molecule has 0 aromatic heterocycles. The van der Waals surface area contributed by atoms with Crippen LogP contribution in [0.5, 0.6) is 17.2 Å². The Morgan fingerprint density at radius 1 is 1.00 bits per heavy atom. The van der Waals surface area contributed by atoms with E-state index in [1.165, 1.54) is 9.80 Å². The van der Waals surface area contributed by atoms with Gasteiger partial charge in [-0.2, -0.15) is 0 Å². The lowest BCUT2D eigenvalue weighted by atomic mass is 10.1. The van der Waals surface area contributed by atoms with Crippen LogP contribution in [-0.4, -0.2) is 65.5 Å². The maximum Gasteiger partial charge on any atom is 0.282 e. The molecule has 7 heteroatoms. The first kappa shape index (κ1) is 22.9. The molecule has 0 unspecified atom stereocenters. The van der Waals surface area contributed by atoms with Gasteiger partial charge >= 0.3 is 0 Å². The monoisotopic (exact) mass is 429 g/mol. The minimum absolute atomic E-state index is 0.0326. The fourth-order valence-electron chi connectivity index (χ4n) is 3.94. The molecule has 7 nitrogen and oxygen atoms in total. The normalized spacial score (nSPS) is 19.4. The van der Waals surface area contributed by atoms with E-state index < -0.39 is 0 Å². The summed E-state index contributed by atoms with van der Waals surface area (Å²) in [5.74, 6) is 2.41. The van der Waals surface area contributed by atoms with E-state index in [0.29, 0.717) is 12.4 Å². The molecule has 1 aliphatic rings. The van der Waals surface area contributed by atoms with Crippen LogP contribution in [-0.2, 0) is 4.79 Å². The average molecular weight is 430 g/mol. The van der Waals surface area contributed by atoms with Crippen molar-refractivity contribution in [3.8, 4) is 17.2 Å². The van der Waals surface area contributed by atoms with Gasteiger partial charge in [0.2, 0.25) is 0 Å². The fraction of sp³-hybridized carbons (Fsp3) is 0.458. The van der Waals surface area contributed by atoms with Crippen molar-refractivity contribution in [2.75, 3.05) is 58.9 Å². The number of methoxy groups -OCH3 is 2. The van der Waals surface area contributed by atoms with Crippen molar-refractivity contribution in [2.45, 2.75) is 19.9 Å². The zero-order valence-corrected chi connectivity index (χ0v) is 19.0. The predicted molar refractivity (Wildman–Crippen MR) is 121 cm³/mol. The molecule has 1 amide bonds. The molecule has 3 N–H and O–H groups in total. The average Bonchev–Trinajstić information content (AvgIpc) is 2.79. The van der Waals surface area contributed by atoms with Gasteiger partial charge in [0, 0.05) is 0 Å². The number of ether oxygens (including phenoxy) is 3. The largest absolute Gasteiger partial charge is 0.497 e. The lowest BCUT2D eigenvalue weighted by Crippen LogP contribution is -3.30. The lowest BCUT2D eigenvalue weighted by Gasteiger charge is -2.32. The molecule has 1 heterocycles. The minimum Gasteiger partial charge on any atom is -0.497 e. The van der Waals surface area contributed by atoms with E-state index >= 15 is 0 Å². The summed E-state index contributed by atoms with van der Waals surface area (Å²) in [5.41, 5.74) is 1.82. The highest BCUT2D eigenvalue weighted by Gasteiger charge is 2.31. The summed E-state index contributed by atoms with van der Waals surface area (Å²) < 4.78 is 16.4. The number of nitrogens with one attached hydrogen (secondary N) is 3. The lowest BCUT2D eigenvalue weighted by molar-refractivity contribution is -1.02. The van der Waals surface area contributed by atoms with Crippen molar-refractivity contribution in [1.82, 2.24) is 0 Å². The molecule has 0 aliphatic carbocycles. The number of carbonyl (C=O) groups excluding carboxylic acids is 1. The van der Waals surface area contributed by atoms with Gasteiger partial charge in [-0.05, 0) is 55.8 Å². The number of hydrogen-bond acceptors (Lipinski definition) is 4. The standard InChI is InChI=1S/C24H33N3O4/c1-18-5-10-23(30-4)22(17-18)25-24(28)19(2)27-13-11-26(12-14-27)15-16-31-21-8-6-20(29-3)7-9-21/h5-10,17,19H,11-16H2,1-4H3,(H,25,28)/p+2/t19-/m0/s1. The highest BCUT2D eigenvalue weighted by molar-refractivity contribution is 5.95. The SMILES string of the molecule is COc1ccc(OCC[NH+]2CC[NH+]([C@@H](C)C(=O)Nc3cc(C)ccc3OC)CC2)cc1. The first-order valence-electron chi connectivity index (χ1n) is 10.9. The number of hydrogen-bond donors (Lipinski definition) is 3. The highest BCUT2D eigenvalue weighted by atomic mass is 16.5. The Bertz CT molecular complexity index is 848. The molecule has 3 rings (SSSR count). The maximum absolute atomic E-state index is 12.8. The smallest absolute Gasteiger partial charge is 0.282 e. The van der Waals surface area contributed by atoms with E-state index in [-0.39, 0.29) is 11.9 Å². The van der Waals surface area contributed by atoms with E-state index in [1.54, 1.807) is 14.2 Å². The molecule has 168 valence electrons. The molecule has 0 bridgehead atoms. The Hall–Kier alpha value is -2.77. The second kappa shape index (κ2) is 11.0. The van der Waals surface area contributed by atoms with Crippen molar-refractivity contribution in [2.24, 2.45) is 0 Å². The third-order valence-electron chi connectivity index (χ3n) is 6.00. The zero-order chi connectivity index (χ0) is 22.2. The molecule has 0 saturated carbocycles. The van der Waals surface area contributed by atoms with Gasteiger partial charge in [-0.1, -0.05) is 6.07 Å². The van der Waals surface area contributed by atoms with Crippen molar-refractivity contribution in [3.63, 3.8) is 0 Å². The second-order valence-corrected chi connectivity index (χ2v) is 8.10. The molecule has 31 heavy (non-hydrogen) atoms. The summed E-state index contributed by atoms with van der Waals surface area (Å²) in [6.45, 7) is 9.66. The number of benzene rings is 2. The van der Waals surface area contributed by atoms with E-state index in [4.69, 9.17) is 14.2 Å².